The molecule has 1 unspecified atom stereocenters. The first-order valence-electron chi connectivity index (χ1n) is 31.2. The Morgan fingerprint density at radius 2 is 0.433 bits per heavy atom. The number of aryl methyl sites for hydroxylation is 8. The Hall–Kier alpha value is -9.86. The third-order valence-electron chi connectivity index (χ3n) is 14.6. The summed E-state index contributed by atoms with van der Waals surface area (Å²) in [5.74, 6) is 3.70. The van der Waals surface area contributed by atoms with Crippen LogP contribution in [0.4, 0.5) is 0 Å². The summed E-state index contributed by atoms with van der Waals surface area (Å²) >= 11 is 0. The quantitative estimate of drug-likeness (QED) is 0.0469. The highest BCUT2D eigenvalue weighted by Crippen LogP contribution is 2.55. The molecule has 0 fully saturated rings. The van der Waals surface area contributed by atoms with Crippen LogP contribution in [0.1, 0.15) is 75.0 Å². The zero-order valence-electron chi connectivity index (χ0n) is 55.5. The van der Waals surface area contributed by atoms with Crippen LogP contribution in [0.3, 0.4) is 0 Å². The van der Waals surface area contributed by atoms with Crippen LogP contribution in [-0.2, 0) is 29.8 Å². The van der Waals surface area contributed by atoms with E-state index >= 15 is 0 Å². The van der Waals surface area contributed by atoms with Crippen LogP contribution >= 0.6 is 31.1 Å². The average Bonchev–Trinajstić information content (AvgIpc) is 0.778. The summed E-state index contributed by atoms with van der Waals surface area (Å²) < 4.78 is 121. The molecule has 0 bridgehead atoms. The van der Waals surface area contributed by atoms with Crippen molar-refractivity contribution in [3.05, 3.63) is 328 Å². The van der Waals surface area contributed by atoms with E-state index in [1.165, 1.54) is 0 Å². The SMILES string of the molecule is CC(C)(c1ccc(OP(=O)(Oc2ccccc2)Oc2ccccc2)cc1)c1ccc(OP(=O)(Oc2ccccc2)Oc2ccccc2)cc1.Cc1cc(C)cc(CP(=O)(Oc2ccc(OP(=O)(Oc3cc(C)cc(C)c3)Oc3cc(C)cc(C)c3)cc2)Oc2cc(C)cc(C)c2)c1. The number of phosphoric acid groups is 3. The molecule has 11 aromatic carbocycles. The molecule has 1 atom stereocenters. The summed E-state index contributed by atoms with van der Waals surface area (Å²) in [4.78, 5) is 0. The van der Waals surface area contributed by atoms with Gasteiger partial charge < -0.3 is 49.8 Å². The Balaban J connectivity index is 0.000000211. The van der Waals surface area contributed by atoms with E-state index < -0.39 is 36.5 Å². The maximum absolute atomic E-state index is 14.4. The van der Waals surface area contributed by atoms with Crippen LogP contribution in [0.2, 0.25) is 0 Å². The van der Waals surface area contributed by atoms with E-state index in [0.717, 1.165) is 61.2 Å². The molecule has 15 nitrogen and oxygen atoms in total. The fraction of sp³-hybridized carbons (Fsp3) is 0.154. The van der Waals surface area contributed by atoms with E-state index in [9.17, 15) is 18.3 Å². The molecular formula is C78H76O15P4. The first-order valence-corrected chi connectivity index (χ1v) is 37.3. The molecule has 0 spiro atoms. The molecule has 0 heterocycles. The van der Waals surface area contributed by atoms with Gasteiger partial charge in [-0.15, -0.1) is 0 Å². The molecule has 0 aromatic heterocycles. The second kappa shape index (κ2) is 30.9. The Labute approximate surface area is 568 Å². The Bertz CT molecular complexity index is 4070. The van der Waals surface area contributed by atoms with E-state index in [0.29, 0.717) is 57.5 Å². The fourth-order valence-corrected chi connectivity index (χ4v) is 16.0. The van der Waals surface area contributed by atoms with Gasteiger partial charge in [-0.3, -0.25) is 0 Å². The van der Waals surface area contributed by atoms with Crippen LogP contribution in [-0.4, -0.2) is 0 Å². The van der Waals surface area contributed by atoms with Gasteiger partial charge in [0.15, 0.2) is 0 Å². The molecule has 498 valence electrons. The molecule has 0 aliphatic heterocycles. The number of phosphoric ester groups is 3. The van der Waals surface area contributed by atoms with Crippen molar-refractivity contribution in [1.82, 2.24) is 0 Å². The summed E-state index contributed by atoms with van der Waals surface area (Å²) in [6, 6.07) is 78.5. The van der Waals surface area contributed by atoms with E-state index in [1.807, 2.05) is 146 Å². The van der Waals surface area contributed by atoms with Crippen molar-refractivity contribution < 1.29 is 68.0 Å². The van der Waals surface area contributed by atoms with Gasteiger partial charge in [-0.1, -0.05) is 158 Å². The second-order valence-electron chi connectivity index (χ2n) is 24.0. The number of hydrogen-bond donors (Lipinski definition) is 0. The number of hydrogen-bond acceptors (Lipinski definition) is 15. The summed E-state index contributed by atoms with van der Waals surface area (Å²) in [6.07, 6.45) is 0.0590. The van der Waals surface area contributed by atoms with Crippen molar-refractivity contribution in [2.45, 2.75) is 80.8 Å². The lowest BCUT2D eigenvalue weighted by Gasteiger charge is -2.27. The lowest BCUT2D eigenvalue weighted by atomic mass is 9.78. The highest BCUT2D eigenvalue weighted by Gasteiger charge is 2.37. The molecule has 11 rings (SSSR count). The van der Waals surface area contributed by atoms with Gasteiger partial charge in [0, 0.05) is 5.41 Å². The zero-order valence-corrected chi connectivity index (χ0v) is 59.1. The number of benzene rings is 11. The molecule has 0 aliphatic carbocycles. The van der Waals surface area contributed by atoms with Gasteiger partial charge in [-0.25, -0.2) is 4.57 Å². The predicted octanol–water partition coefficient (Wildman–Crippen LogP) is 23.0. The fourth-order valence-electron chi connectivity index (χ4n) is 10.6. The molecule has 0 radical (unpaired) electrons. The smallest absolute Gasteiger partial charge is 0.416 e. The minimum Gasteiger partial charge on any atom is -0.416 e. The van der Waals surface area contributed by atoms with Crippen molar-refractivity contribution in [2.24, 2.45) is 0 Å². The van der Waals surface area contributed by atoms with Crippen molar-refractivity contribution in [3.63, 3.8) is 0 Å². The number of para-hydroxylation sites is 4. The highest BCUT2D eigenvalue weighted by atomic mass is 31.2. The average molecular weight is 1380 g/mol. The molecule has 97 heavy (non-hydrogen) atoms. The summed E-state index contributed by atoms with van der Waals surface area (Å²) in [7, 11) is -16.3. The van der Waals surface area contributed by atoms with Crippen LogP contribution in [0, 0.1) is 55.4 Å². The van der Waals surface area contributed by atoms with E-state index in [-0.39, 0.29) is 11.9 Å². The van der Waals surface area contributed by atoms with Gasteiger partial charge in [-0.05, 0) is 239 Å². The van der Waals surface area contributed by atoms with Gasteiger partial charge in [-0.2, -0.15) is 13.7 Å². The monoisotopic (exact) mass is 1380 g/mol. The highest BCUT2D eigenvalue weighted by molar-refractivity contribution is 7.53. The third-order valence-corrected chi connectivity index (χ3v) is 20.3. The van der Waals surface area contributed by atoms with Crippen LogP contribution in [0.5, 0.6) is 63.2 Å². The first-order chi connectivity index (χ1) is 46.3. The lowest BCUT2D eigenvalue weighted by molar-refractivity contribution is 0.296. The van der Waals surface area contributed by atoms with Gasteiger partial charge in [0.25, 0.3) is 0 Å². The standard InChI is InChI=1S/C39H34O8P2.C39H42O7P2/c1-39(2,31-23-27-37(28-24-31)46-48(40,42-33-15-7-3-8-16-33)43-34-17-9-4-10-18-34)32-25-29-38(30-26-32)47-49(41,44-35-19-11-5-12-20-35)45-36-21-13-6-14-22-36;1-26-13-27(2)18-34(17-26)25-47(40,43-37-19-28(3)14-29(4)20-37)42-35-9-11-36(12-10-35)44-48(41,45-38-21-30(5)15-31(6)22-38)46-39-23-32(7)16-33(8)24-39/h3-30H,1-2H3;9-24H,25H2,1-8H3. The number of rotatable bonds is 26. The molecule has 19 heteroatoms. The van der Waals surface area contributed by atoms with Crippen LogP contribution < -0.4 is 49.8 Å². The van der Waals surface area contributed by atoms with E-state index in [4.69, 9.17) is 49.8 Å². The molecule has 0 saturated heterocycles. The first kappa shape index (κ1) is 70.0. The van der Waals surface area contributed by atoms with E-state index in [1.54, 1.807) is 170 Å². The largest absolute Gasteiger partial charge is 0.647 e. The van der Waals surface area contributed by atoms with Gasteiger partial charge in [0.05, 0.1) is 6.16 Å². The predicted molar refractivity (Wildman–Crippen MR) is 382 cm³/mol. The molecule has 0 aliphatic rings. The molecule has 0 amide bonds. The van der Waals surface area contributed by atoms with Gasteiger partial charge >= 0.3 is 31.1 Å². The van der Waals surface area contributed by atoms with Crippen molar-refractivity contribution in [3.8, 4) is 63.2 Å². The Morgan fingerprint density at radius 1 is 0.237 bits per heavy atom. The summed E-state index contributed by atoms with van der Waals surface area (Å²) in [5, 5.41) is 0. The van der Waals surface area contributed by atoms with Crippen molar-refractivity contribution in [2.75, 3.05) is 0 Å². The minimum absolute atomic E-state index is 0.0590. The zero-order chi connectivity index (χ0) is 68.8. The maximum atomic E-state index is 14.4. The Morgan fingerprint density at radius 3 is 0.701 bits per heavy atom. The maximum Gasteiger partial charge on any atom is 0.647 e. The summed E-state index contributed by atoms with van der Waals surface area (Å²) in [6.45, 7) is 19.8. The third kappa shape index (κ3) is 20.6. The Kier molecular flexibility index (Phi) is 22.3. The van der Waals surface area contributed by atoms with Crippen LogP contribution in [0.25, 0.3) is 0 Å². The van der Waals surface area contributed by atoms with Crippen molar-refractivity contribution in [1.29, 1.82) is 0 Å². The minimum atomic E-state index is -4.25. The topological polar surface area (TPSA) is 170 Å². The second-order valence-corrected chi connectivity index (χ2v) is 30.2. The molecule has 11 aromatic rings. The van der Waals surface area contributed by atoms with Crippen LogP contribution in [0.15, 0.2) is 267 Å². The summed E-state index contributed by atoms with van der Waals surface area (Å²) in [5.41, 5.74) is 10.1. The van der Waals surface area contributed by atoms with Crippen molar-refractivity contribution >= 4 is 31.1 Å². The molecule has 0 saturated carbocycles. The lowest BCUT2D eigenvalue weighted by Crippen LogP contribution is -2.18. The molecular weight excluding hydrogens is 1300 g/mol. The van der Waals surface area contributed by atoms with Gasteiger partial charge in [0.2, 0.25) is 0 Å². The van der Waals surface area contributed by atoms with E-state index in [2.05, 4.69) is 19.9 Å². The normalized spacial score (nSPS) is 12.1. The van der Waals surface area contributed by atoms with Gasteiger partial charge in [0.1, 0.15) is 63.2 Å². The molecule has 0 N–H and O–H groups in total.